The molecule has 1 atom stereocenters. The minimum atomic E-state index is -0.880. The summed E-state index contributed by atoms with van der Waals surface area (Å²) < 4.78 is 5.53. The van der Waals surface area contributed by atoms with Crippen molar-refractivity contribution in [2.24, 2.45) is 5.10 Å². The number of benzene rings is 3. The van der Waals surface area contributed by atoms with Gasteiger partial charge in [0.2, 0.25) is 0 Å². The van der Waals surface area contributed by atoms with Gasteiger partial charge in [-0.05, 0) is 65.9 Å². The fourth-order valence-electron chi connectivity index (χ4n) is 3.26. The van der Waals surface area contributed by atoms with E-state index in [9.17, 15) is 14.4 Å². The van der Waals surface area contributed by atoms with Gasteiger partial charge in [-0.15, -0.1) is 0 Å². The van der Waals surface area contributed by atoms with Gasteiger partial charge in [0.15, 0.2) is 6.61 Å². The summed E-state index contributed by atoms with van der Waals surface area (Å²) >= 11 is 0. The number of rotatable bonds is 9. The average molecular weight is 487 g/mol. The number of ether oxygens (including phenoxy) is 1. The normalized spacial score (nSPS) is 11.7. The van der Waals surface area contributed by atoms with Crippen LogP contribution in [0.1, 0.15) is 49.4 Å². The van der Waals surface area contributed by atoms with E-state index in [2.05, 4.69) is 35.0 Å². The number of carbonyl (C=O) groups excluding carboxylic acids is 3. The maximum atomic E-state index is 12.2. The van der Waals surface area contributed by atoms with Crippen LogP contribution in [0, 0.1) is 0 Å². The molecule has 3 amide bonds. The third-order valence-electron chi connectivity index (χ3n) is 5.35. The molecule has 8 nitrogen and oxygen atoms in total. The summed E-state index contributed by atoms with van der Waals surface area (Å²) in [5.74, 6) is -1.03. The van der Waals surface area contributed by atoms with Crippen LogP contribution in [0.4, 0.5) is 5.69 Å². The van der Waals surface area contributed by atoms with E-state index in [1.807, 2.05) is 49.4 Å². The van der Waals surface area contributed by atoms with E-state index in [4.69, 9.17) is 4.74 Å². The number of carbonyl (C=O) groups is 3. The molecular formula is C28H30N4O4. The molecule has 36 heavy (non-hydrogen) atoms. The Hall–Kier alpha value is -4.46. The highest BCUT2D eigenvalue weighted by atomic mass is 16.5. The quantitative estimate of drug-likeness (QED) is 0.240. The Morgan fingerprint density at radius 2 is 1.50 bits per heavy atom. The molecule has 3 rings (SSSR count). The molecule has 3 aromatic rings. The van der Waals surface area contributed by atoms with Crippen molar-refractivity contribution in [2.75, 3.05) is 11.9 Å². The number of hydrazone groups is 1. The van der Waals surface area contributed by atoms with Gasteiger partial charge in [0.05, 0.1) is 12.3 Å². The number of anilines is 1. The lowest BCUT2D eigenvalue weighted by atomic mass is 10.0. The highest BCUT2D eigenvalue weighted by molar-refractivity contribution is 6.39. The van der Waals surface area contributed by atoms with Crippen LogP contribution in [-0.4, -0.2) is 30.5 Å². The predicted octanol–water partition coefficient (Wildman–Crippen LogP) is 4.16. The van der Waals surface area contributed by atoms with Crippen molar-refractivity contribution in [1.29, 1.82) is 0 Å². The Bertz CT molecular complexity index is 1190. The van der Waals surface area contributed by atoms with Crippen LogP contribution < -0.4 is 20.8 Å². The fraction of sp³-hybridized carbons (Fsp3) is 0.214. The SMILES string of the molecule is CC(C)c1ccc(NC(=O)C(=O)N/N=C\c2ccc(OCC(=O)N[C@H](C)c3ccccc3)cc2)cc1. The first-order valence-corrected chi connectivity index (χ1v) is 11.6. The average Bonchev–Trinajstić information content (AvgIpc) is 2.89. The fourth-order valence-corrected chi connectivity index (χ4v) is 3.26. The zero-order valence-corrected chi connectivity index (χ0v) is 20.5. The van der Waals surface area contributed by atoms with E-state index >= 15 is 0 Å². The van der Waals surface area contributed by atoms with Gasteiger partial charge in [-0.2, -0.15) is 5.10 Å². The number of hydrogen-bond donors (Lipinski definition) is 3. The molecule has 3 N–H and O–H groups in total. The molecule has 0 aliphatic carbocycles. The number of amides is 3. The second-order valence-electron chi connectivity index (χ2n) is 8.49. The van der Waals surface area contributed by atoms with Crippen LogP contribution >= 0.6 is 0 Å². The van der Waals surface area contributed by atoms with Gasteiger partial charge in [-0.3, -0.25) is 14.4 Å². The van der Waals surface area contributed by atoms with E-state index in [1.54, 1.807) is 36.4 Å². The molecule has 0 radical (unpaired) electrons. The standard InChI is InChI=1S/C28H30N4O4/c1-19(2)22-11-13-24(14-12-22)31-27(34)28(35)32-29-17-21-9-15-25(16-10-21)36-18-26(33)30-20(3)23-7-5-4-6-8-23/h4-17,19-20H,18H2,1-3H3,(H,30,33)(H,31,34)(H,32,35)/b29-17-/t20-/m1/s1. The molecule has 186 valence electrons. The van der Waals surface area contributed by atoms with Crippen molar-refractivity contribution in [1.82, 2.24) is 10.7 Å². The summed E-state index contributed by atoms with van der Waals surface area (Å²) in [5, 5.41) is 9.24. The van der Waals surface area contributed by atoms with Crippen LogP contribution in [-0.2, 0) is 14.4 Å². The van der Waals surface area contributed by atoms with Crippen molar-refractivity contribution in [2.45, 2.75) is 32.7 Å². The van der Waals surface area contributed by atoms with Gasteiger partial charge in [0.1, 0.15) is 5.75 Å². The molecule has 3 aromatic carbocycles. The van der Waals surface area contributed by atoms with Gasteiger partial charge in [0.25, 0.3) is 5.91 Å². The summed E-state index contributed by atoms with van der Waals surface area (Å²) in [5.41, 5.74) is 5.56. The Labute approximate surface area is 210 Å². The van der Waals surface area contributed by atoms with E-state index in [-0.39, 0.29) is 18.6 Å². The Kier molecular flexibility index (Phi) is 9.33. The third-order valence-corrected chi connectivity index (χ3v) is 5.35. The predicted molar refractivity (Wildman–Crippen MR) is 140 cm³/mol. The lowest BCUT2D eigenvalue weighted by molar-refractivity contribution is -0.136. The van der Waals surface area contributed by atoms with E-state index in [0.29, 0.717) is 22.9 Å². The number of nitrogens with one attached hydrogen (secondary N) is 3. The van der Waals surface area contributed by atoms with Gasteiger partial charge < -0.3 is 15.4 Å². The summed E-state index contributed by atoms with van der Waals surface area (Å²) in [6, 6.07) is 23.7. The van der Waals surface area contributed by atoms with E-state index < -0.39 is 11.8 Å². The molecule has 0 bridgehead atoms. The third kappa shape index (κ3) is 8.09. The largest absolute Gasteiger partial charge is 0.484 e. The van der Waals surface area contributed by atoms with E-state index in [1.165, 1.54) is 6.21 Å². The summed E-state index contributed by atoms with van der Waals surface area (Å²) in [6.07, 6.45) is 1.40. The molecule has 0 fully saturated rings. The Morgan fingerprint density at radius 1 is 0.833 bits per heavy atom. The van der Waals surface area contributed by atoms with Crippen molar-refractivity contribution >= 4 is 29.6 Å². The molecule has 8 heteroatoms. The number of nitrogens with zero attached hydrogens (tertiary/aromatic N) is 1. The molecule has 0 heterocycles. The maximum absolute atomic E-state index is 12.2. The zero-order chi connectivity index (χ0) is 25.9. The maximum Gasteiger partial charge on any atom is 0.329 e. The lowest BCUT2D eigenvalue weighted by Gasteiger charge is -2.14. The number of hydrogen-bond acceptors (Lipinski definition) is 5. The lowest BCUT2D eigenvalue weighted by Crippen LogP contribution is -2.32. The highest BCUT2D eigenvalue weighted by Gasteiger charge is 2.13. The summed E-state index contributed by atoms with van der Waals surface area (Å²) in [6.45, 7) is 5.95. The molecule has 0 unspecified atom stereocenters. The highest BCUT2D eigenvalue weighted by Crippen LogP contribution is 2.17. The first-order chi connectivity index (χ1) is 17.3. The minimum absolute atomic E-state index is 0.115. The zero-order valence-electron chi connectivity index (χ0n) is 20.5. The summed E-state index contributed by atoms with van der Waals surface area (Å²) in [7, 11) is 0. The topological polar surface area (TPSA) is 109 Å². The van der Waals surface area contributed by atoms with Gasteiger partial charge in [-0.25, -0.2) is 5.43 Å². The van der Waals surface area contributed by atoms with Crippen molar-refractivity contribution in [3.8, 4) is 5.75 Å². The first-order valence-electron chi connectivity index (χ1n) is 11.6. The molecule has 0 aliphatic heterocycles. The molecule has 0 saturated heterocycles. The van der Waals surface area contributed by atoms with Gasteiger partial charge in [-0.1, -0.05) is 56.3 Å². The Morgan fingerprint density at radius 3 is 2.14 bits per heavy atom. The van der Waals surface area contributed by atoms with Crippen LogP contribution in [0.15, 0.2) is 84.0 Å². The summed E-state index contributed by atoms with van der Waals surface area (Å²) in [4.78, 5) is 36.2. The van der Waals surface area contributed by atoms with Crippen molar-refractivity contribution < 1.29 is 19.1 Å². The van der Waals surface area contributed by atoms with E-state index in [0.717, 1.165) is 11.1 Å². The molecule has 0 saturated carbocycles. The monoisotopic (exact) mass is 486 g/mol. The minimum Gasteiger partial charge on any atom is -0.484 e. The van der Waals surface area contributed by atoms with Crippen LogP contribution in [0.3, 0.4) is 0 Å². The smallest absolute Gasteiger partial charge is 0.329 e. The first kappa shape index (κ1) is 26.2. The molecular weight excluding hydrogens is 456 g/mol. The second-order valence-corrected chi connectivity index (χ2v) is 8.49. The Balaban J connectivity index is 1.41. The van der Waals surface area contributed by atoms with Crippen molar-refractivity contribution in [3.05, 3.63) is 95.6 Å². The molecule has 0 spiro atoms. The molecule has 0 aliphatic rings. The van der Waals surface area contributed by atoms with Crippen LogP contribution in [0.25, 0.3) is 0 Å². The van der Waals surface area contributed by atoms with Crippen molar-refractivity contribution in [3.63, 3.8) is 0 Å². The molecule has 0 aromatic heterocycles. The van der Waals surface area contributed by atoms with Gasteiger partial charge >= 0.3 is 11.8 Å². The van der Waals surface area contributed by atoms with Crippen LogP contribution in [0.2, 0.25) is 0 Å². The van der Waals surface area contributed by atoms with Gasteiger partial charge in [0, 0.05) is 5.69 Å². The second kappa shape index (κ2) is 12.9. The van der Waals surface area contributed by atoms with Crippen LogP contribution in [0.5, 0.6) is 5.75 Å².